The highest BCUT2D eigenvalue weighted by Crippen LogP contribution is 2.23. The molecule has 2 atom stereocenters. The van der Waals surface area contributed by atoms with Crippen molar-refractivity contribution in [3.8, 4) is 0 Å². The van der Waals surface area contributed by atoms with Gasteiger partial charge in [-0.15, -0.1) is 0 Å². The fourth-order valence-corrected chi connectivity index (χ4v) is 5.88. The molecule has 0 aromatic heterocycles. The van der Waals surface area contributed by atoms with Crippen LogP contribution < -0.4 is 9.62 Å². The monoisotopic (exact) mass is 663 g/mol. The van der Waals surface area contributed by atoms with Crippen LogP contribution in [0.2, 0.25) is 0 Å². The SMILES string of the molecule is CC[C@@H](C)NC(=O)[C@@H](Cc1ccccc1)N(Cc1cccc(Br)c1)C(=O)CCCN(c1ccc(F)c(F)c1)S(C)(=O)=O. The van der Waals surface area contributed by atoms with Crippen molar-refractivity contribution in [2.75, 3.05) is 17.1 Å². The number of rotatable bonds is 14. The van der Waals surface area contributed by atoms with E-state index in [1.165, 1.54) is 11.0 Å². The number of nitrogens with one attached hydrogen (secondary N) is 1. The topological polar surface area (TPSA) is 86.8 Å². The Hall–Kier alpha value is -3.31. The molecule has 0 fully saturated rings. The van der Waals surface area contributed by atoms with Gasteiger partial charge in [-0.25, -0.2) is 17.2 Å². The predicted molar refractivity (Wildman–Crippen MR) is 164 cm³/mol. The van der Waals surface area contributed by atoms with Gasteiger partial charge in [0, 0.05) is 42.5 Å². The number of hydrogen-bond donors (Lipinski definition) is 1. The Morgan fingerprint density at radius 2 is 1.64 bits per heavy atom. The molecular formula is C31H36BrF2N3O4S. The highest BCUT2D eigenvalue weighted by Gasteiger charge is 2.31. The molecular weight excluding hydrogens is 628 g/mol. The Bertz CT molecular complexity index is 1470. The molecule has 0 saturated heterocycles. The quantitative estimate of drug-likeness (QED) is 0.235. The summed E-state index contributed by atoms with van der Waals surface area (Å²) in [6.07, 6.45) is 1.98. The molecule has 0 saturated carbocycles. The first kappa shape index (κ1) is 33.2. The van der Waals surface area contributed by atoms with Gasteiger partial charge >= 0.3 is 0 Å². The largest absolute Gasteiger partial charge is 0.352 e. The second-order valence-corrected chi connectivity index (χ2v) is 13.0. The number of carbonyl (C=O) groups excluding carboxylic acids is 2. The third-order valence-corrected chi connectivity index (χ3v) is 8.54. The molecule has 11 heteroatoms. The number of benzene rings is 3. The Morgan fingerprint density at radius 3 is 2.26 bits per heavy atom. The predicted octanol–water partition coefficient (Wildman–Crippen LogP) is 5.83. The fraction of sp³-hybridized carbons (Fsp3) is 0.355. The van der Waals surface area contributed by atoms with Gasteiger partial charge in [0.25, 0.3) is 0 Å². The third-order valence-electron chi connectivity index (χ3n) is 6.86. The van der Waals surface area contributed by atoms with Crippen LogP contribution in [0.3, 0.4) is 0 Å². The van der Waals surface area contributed by atoms with Crippen LogP contribution in [0.4, 0.5) is 14.5 Å². The van der Waals surface area contributed by atoms with Crippen LogP contribution in [0.1, 0.15) is 44.2 Å². The second kappa shape index (κ2) is 15.2. The standard InChI is InChI=1S/C31H36BrF2N3O4S/c1-4-22(2)35-31(39)29(19-23-10-6-5-7-11-23)36(21-24-12-8-13-25(32)18-24)30(38)14-9-17-37(42(3,40)41)26-15-16-27(33)28(34)20-26/h5-8,10-13,15-16,18,20,22,29H,4,9,14,17,19,21H2,1-3H3,(H,35,39)/t22-,29-/m1/s1. The lowest BCUT2D eigenvalue weighted by Gasteiger charge is -2.32. The molecule has 0 aliphatic carbocycles. The van der Waals surface area contributed by atoms with E-state index in [0.717, 1.165) is 38.3 Å². The van der Waals surface area contributed by atoms with E-state index in [-0.39, 0.29) is 55.9 Å². The summed E-state index contributed by atoms with van der Waals surface area (Å²) < 4.78 is 54.1. The second-order valence-electron chi connectivity index (χ2n) is 10.2. The molecule has 3 rings (SSSR count). The first-order valence-corrected chi connectivity index (χ1v) is 16.3. The summed E-state index contributed by atoms with van der Waals surface area (Å²) >= 11 is 3.46. The van der Waals surface area contributed by atoms with Crippen molar-refractivity contribution >= 4 is 43.5 Å². The molecule has 0 spiro atoms. The van der Waals surface area contributed by atoms with E-state index in [1.807, 2.05) is 68.4 Å². The van der Waals surface area contributed by atoms with E-state index in [1.54, 1.807) is 0 Å². The molecule has 0 aliphatic heterocycles. The number of anilines is 1. The zero-order valence-electron chi connectivity index (χ0n) is 23.9. The molecule has 0 radical (unpaired) electrons. The van der Waals surface area contributed by atoms with Crippen LogP contribution in [0.25, 0.3) is 0 Å². The summed E-state index contributed by atoms with van der Waals surface area (Å²) in [5, 5.41) is 3.01. The van der Waals surface area contributed by atoms with Crippen LogP contribution >= 0.6 is 15.9 Å². The highest BCUT2D eigenvalue weighted by molar-refractivity contribution is 9.10. The Kier molecular flexibility index (Phi) is 12.0. The van der Waals surface area contributed by atoms with Gasteiger partial charge in [0.15, 0.2) is 11.6 Å². The van der Waals surface area contributed by atoms with Gasteiger partial charge in [-0.05, 0) is 55.2 Å². The van der Waals surface area contributed by atoms with Crippen molar-refractivity contribution in [1.29, 1.82) is 0 Å². The molecule has 0 aliphatic rings. The minimum atomic E-state index is -3.86. The summed E-state index contributed by atoms with van der Waals surface area (Å²) in [6.45, 7) is 3.88. The van der Waals surface area contributed by atoms with Gasteiger partial charge in [0.1, 0.15) is 6.04 Å². The van der Waals surface area contributed by atoms with Gasteiger partial charge < -0.3 is 10.2 Å². The number of carbonyl (C=O) groups is 2. The van der Waals surface area contributed by atoms with Crippen LogP contribution in [0, 0.1) is 11.6 Å². The van der Waals surface area contributed by atoms with Crippen LogP contribution in [-0.2, 0) is 32.6 Å². The summed E-state index contributed by atoms with van der Waals surface area (Å²) in [5.74, 6) is -2.88. The molecule has 0 heterocycles. The van der Waals surface area contributed by atoms with Crippen molar-refractivity contribution in [2.45, 2.75) is 58.2 Å². The summed E-state index contributed by atoms with van der Waals surface area (Å²) in [7, 11) is -3.86. The van der Waals surface area contributed by atoms with Crippen molar-refractivity contribution in [3.63, 3.8) is 0 Å². The Morgan fingerprint density at radius 1 is 0.952 bits per heavy atom. The lowest BCUT2D eigenvalue weighted by Crippen LogP contribution is -2.52. The third kappa shape index (κ3) is 9.62. The average Bonchev–Trinajstić information content (AvgIpc) is 2.94. The van der Waals surface area contributed by atoms with Gasteiger partial charge in [0.05, 0.1) is 11.9 Å². The molecule has 42 heavy (non-hydrogen) atoms. The fourth-order valence-electron chi connectivity index (χ4n) is 4.47. The molecule has 7 nitrogen and oxygen atoms in total. The highest BCUT2D eigenvalue weighted by atomic mass is 79.9. The van der Waals surface area contributed by atoms with Crippen molar-refractivity contribution in [2.24, 2.45) is 0 Å². The minimum absolute atomic E-state index is 0.0373. The van der Waals surface area contributed by atoms with Crippen LogP contribution in [0.5, 0.6) is 0 Å². The smallest absolute Gasteiger partial charge is 0.243 e. The van der Waals surface area contributed by atoms with Crippen molar-refractivity contribution < 1.29 is 26.8 Å². The van der Waals surface area contributed by atoms with Crippen LogP contribution in [-0.4, -0.2) is 50.0 Å². The molecule has 2 amide bonds. The van der Waals surface area contributed by atoms with Gasteiger partial charge in [-0.2, -0.15) is 0 Å². The number of amides is 2. The van der Waals surface area contributed by atoms with Crippen molar-refractivity contribution in [3.05, 3.63) is 100 Å². The van der Waals surface area contributed by atoms with Gasteiger partial charge in [-0.3, -0.25) is 13.9 Å². The number of sulfonamides is 1. The zero-order valence-corrected chi connectivity index (χ0v) is 26.3. The summed E-state index contributed by atoms with van der Waals surface area (Å²) in [6, 6.07) is 18.8. The minimum Gasteiger partial charge on any atom is -0.352 e. The molecule has 226 valence electrons. The van der Waals surface area contributed by atoms with E-state index in [9.17, 15) is 26.8 Å². The average molecular weight is 665 g/mol. The van der Waals surface area contributed by atoms with Gasteiger partial charge in [-0.1, -0.05) is 65.3 Å². The maximum atomic E-state index is 13.9. The first-order valence-electron chi connectivity index (χ1n) is 13.7. The number of hydrogen-bond acceptors (Lipinski definition) is 4. The molecule has 0 unspecified atom stereocenters. The molecule has 3 aromatic carbocycles. The molecule has 1 N–H and O–H groups in total. The first-order chi connectivity index (χ1) is 19.9. The maximum absolute atomic E-state index is 13.9. The van der Waals surface area contributed by atoms with Gasteiger partial charge in [0.2, 0.25) is 21.8 Å². The van der Waals surface area contributed by atoms with E-state index < -0.39 is 27.7 Å². The van der Waals surface area contributed by atoms with Crippen molar-refractivity contribution in [1.82, 2.24) is 10.2 Å². The Balaban J connectivity index is 1.90. The normalized spacial score (nSPS) is 12.8. The van der Waals surface area contributed by atoms with E-state index >= 15 is 0 Å². The molecule has 3 aromatic rings. The van der Waals surface area contributed by atoms with E-state index in [0.29, 0.717) is 6.42 Å². The lowest BCUT2D eigenvalue weighted by molar-refractivity contribution is -0.141. The molecule has 0 bridgehead atoms. The lowest BCUT2D eigenvalue weighted by atomic mass is 10.0. The summed E-state index contributed by atoms with van der Waals surface area (Å²) in [4.78, 5) is 29.0. The zero-order chi connectivity index (χ0) is 30.9. The maximum Gasteiger partial charge on any atom is 0.243 e. The number of nitrogens with zero attached hydrogens (tertiary/aromatic N) is 2. The van der Waals surface area contributed by atoms with Crippen LogP contribution in [0.15, 0.2) is 77.3 Å². The Labute approximate surface area is 255 Å². The van der Waals surface area contributed by atoms with E-state index in [2.05, 4.69) is 21.2 Å². The summed E-state index contributed by atoms with van der Waals surface area (Å²) in [5.41, 5.74) is 1.66. The van der Waals surface area contributed by atoms with E-state index in [4.69, 9.17) is 0 Å². The number of halogens is 3.